The first-order valence-corrected chi connectivity index (χ1v) is 7.16. The lowest BCUT2D eigenvalue weighted by atomic mass is 10.1. The third-order valence-electron chi connectivity index (χ3n) is 3.78. The zero-order chi connectivity index (χ0) is 13.7. The third kappa shape index (κ3) is 3.70. The predicted octanol–water partition coefficient (Wildman–Crippen LogP) is 2.95. The highest BCUT2D eigenvalue weighted by Gasteiger charge is 2.22. The van der Waals surface area contributed by atoms with Crippen LogP contribution in [0, 0.1) is 11.3 Å². The first-order chi connectivity index (χ1) is 9.24. The number of aliphatic hydroxyl groups excluding tert-OH is 1. The lowest BCUT2D eigenvalue weighted by Gasteiger charge is -2.28. The van der Waals surface area contributed by atoms with Crippen LogP contribution in [0.25, 0.3) is 0 Å². The molecule has 0 aliphatic heterocycles. The lowest BCUT2D eigenvalue weighted by Crippen LogP contribution is -2.35. The Morgan fingerprint density at radius 2 is 2.11 bits per heavy atom. The molecular weight excluding hydrogens is 260 g/mol. The summed E-state index contributed by atoms with van der Waals surface area (Å²) in [6.45, 7) is 1.60. The van der Waals surface area contributed by atoms with E-state index in [0.29, 0.717) is 23.2 Å². The van der Waals surface area contributed by atoms with Crippen LogP contribution in [0.3, 0.4) is 0 Å². The lowest BCUT2D eigenvalue weighted by molar-refractivity contribution is 0.145. The van der Waals surface area contributed by atoms with Crippen molar-refractivity contribution in [2.45, 2.75) is 38.3 Å². The van der Waals surface area contributed by atoms with E-state index in [0.717, 1.165) is 12.1 Å². The predicted molar refractivity (Wildman–Crippen MR) is 75.9 cm³/mol. The molecule has 1 saturated carbocycles. The van der Waals surface area contributed by atoms with E-state index in [4.69, 9.17) is 16.9 Å². The molecule has 2 rings (SSSR count). The Bertz CT molecular complexity index is 464. The summed E-state index contributed by atoms with van der Waals surface area (Å²) < 4.78 is 0. The summed E-state index contributed by atoms with van der Waals surface area (Å²) in [6.07, 6.45) is 4.95. The maximum Gasteiger partial charge on any atom is 0.0992 e. The van der Waals surface area contributed by atoms with Gasteiger partial charge < -0.3 is 5.11 Å². The zero-order valence-electron chi connectivity index (χ0n) is 11.0. The van der Waals surface area contributed by atoms with E-state index in [1.165, 1.54) is 25.7 Å². The summed E-state index contributed by atoms with van der Waals surface area (Å²) >= 11 is 6.22. The molecule has 3 nitrogen and oxygen atoms in total. The Morgan fingerprint density at radius 1 is 1.37 bits per heavy atom. The van der Waals surface area contributed by atoms with E-state index in [9.17, 15) is 5.11 Å². The molecule has 0 unspecified atom stereocenters. The van der Waals surface area contributed by atoms with Crippen LogP contribution in [0.5, 0.6) is 0 Å². The molecule has 1 fully saturated rings. The smallest absolute Gasteiger partial charge is 0.0992 e. The van der Waals surface area contributed by atoms with Gasteiger partial charge in [-0.15, -0.1) is 0 Å². The van der Waals surface area contributed by atoms with E-state index in [2.05, 4.69) is 11.0 Å². The molecule has 0 radical (unpaired) electrons. The number of rotatable bonds is 5. The summed E-state index contributed by atoms with van der Waals surface area (Å²) in [5, 5.41) is 18.7. The van der Waals surface area contributed by atoms with Gasteiger partial charge in [0, 0.05) is 24.2 Å². The van der Waals surface area contributed by atoms with Gasteiger partial charge in [-0.1, -0.05) is 30.5 Å². The molecular formula is C15H19ClN2O. The number of hydrogen-bond acceptors (Lipinski definition) is 3. The number of benzene rings is 1. The van der Waals surface area contributed by atoms with Crippen molar-refractivity contribution in [3.8, 4) is 6.07 Å². The van der Waals surface area contributed by atoms with Gasteiger partial charge in [-0.25, -0.2) is 0 Å². The fourth-order valence-corrected chi connectivity index (χ4v) is 2.99. The number of nitrogens with zero attached hydrogens (tertiary/aromatic N) is 2. The fraction of sp³-hybridized carbons (Fsp3) is 0.533. The van der Waals surface area contributed by atoms with E-state index >= 15 is 0 Å². The van der Waals surface area contributed by atoms with Crippen molar-refractivity contribution in [2.24, 2.45) is 0 Å². The highest BCUT2D eigenvalue weighted by atomic mass is 35.5. The van der Waals surface area contributed by atoms with Crippen molar-refractivity contribution in [3.63, 3.8) is 0 Å². The quantitative estimate of drug-likeness (QED) is 0.901. The monoisotopic (exact) mass is 278 g/mol. The topological polar surface area (TPSA) is 47.3 Å². The van der Waals surface area contributed by atoms with Crippen LogP contribution in [0.2, 0.25) is 5.02 Å². The Labute approximate surface area is 119 Å². The van der Waals surface area contributed by atoms with Crippen molar-refractivity contribution in [2.75, 3.05) is 13.2 Å². The highest BCUT2D eigenvalue weighted by molar-refractivity contribution is 6.31. The van der Waals surface area contributed by atoms with Gasteiger partial charge in [0.2, 0.25) is 0 Å². The van der Waals surface area contributed by atoms with Gasteiger partial charge in [-0.3, -0.25) is 4.90 Å². The largest absolute Gasteiger partial charge is 0.395 e. The number of halogens is 1. The van der Waals surface area contributed by atoms with Crippen LogP contribution in [0.15, 0.2) is 18.2 Å². The number of hydrogen-bond donors (Lipinski definition) is 1. The van der Waals surface area contributed by atoms with Gasteiger partial charge >= 0.3 is 0 Å². The standard InChI is InChI=1S/C15H19ClN2O/c16-15-9-12(10-17)5-6-13(15)11-18(7-8-19)14-3-1-2-4-14/h5-6,9,14,19H,1-4,7-8,11H2. The molecule has 0 amide bonds. The van der Waals surface area contributed by atoms with Crippen LogP contribution < -0.4 is 0 Å². The Kier molecular flexibility index (Phi) is 5.21. The van der Waals surface area contributed by atoms with Gasteiger partial charge in [0.1, 0.15) is 0 Å². The Morgan fingerprint density at radius 3 is 2.68 bits per heavy atom. The number of nitriles is 1. The molecule has 0 atom stereocenters. The van der Waals surface area contributed by atoms with Gasteiger partial charge in [0.05, 0.1) is 18.2 Å². The van der Waals surface area contributed by atoms with Crippen molar-refractivity contribution < 1.29 is 5.11 Å². The molecule has 19 heavy (non-hydrogen) atoms. The van der Waals surface area contributed by atoms with Gasteiger partial charge in [-0.05, 0) is 30.5 Å². The van der Waals surface area contributed by atoms with Crippen molar-refractivity contribution >= 4 is 11.6 Å². The summed E-state index contributed by atoms with van der Waals surface area (Å²) in [6, 6.07) is 8.07. The second kappa shape index (κ2) is 6.91. The van der Waals surface area contributed by atoms with Gasteiger partial charge in [0.25, 0.3) is 0 Å². The minimum atomic E-state index is 0.171. The maximum absolute atomic E-state index is 9.21. The van der Waals surface area contributed by atoms with Crippen LogP contribution >= 0.6 is 11.6 Å². The summed E-state index contributed by atoms with van der Waals surface area (Å²) in [5.41, 5.74) is 1.62. The first-order valence-electron chi connectivity index (χ1n) is 6.78. The molecule has 1 N–H and O–H groups in total. The van der Waals surface area contributed by atoms with Gasteiger partial charge in [0.15, 0.2) is 0 Å². The molecule has 0 spiro atoms. The molecule has 0 saturated heterocycles. The molecule has 1 aromatic rings. The van der Waals surface area contributed by atoms with Crippen LogP contribution in [0.4, 0.5) is 0 Å². The molecule has 102 valence electrons. The SMILES string of the molecule is N#Cc1ccc(CN(CCO)C2CCCC2)c(Cl)c1. The van der Waals surface area contributed by atoms with Crippen molar-refractivity contribution in [1.82, 2.24) is 4.90 Å². The van der Waals surface area contributed by atoms with E-state index in [1.54, 1.807) is 12.1 Å². The molecule has 1 aliphatic carbocycles. The van der Waals surface area contributed by atoms with E-state index < -0.39 is 0 Å². The average molecular weight is 279 g/mol. The minimum absolute atomic E-state index is 0.171. The second-order valence-electron chi connectivity index (χ2n) is 5.05. The fourth-order valence-electron chi connectivity index (χ4n) is 2.75. The third-order valence-corrected chi connectivity index (χ3v) is 4.14. The summed E-state index contributed by atoms with van der Waals surface area (Å²) in [7, 11) is 0. The normalized spacial score (nSPS) is 15.9. The molecule has 0 bridgehead atoms. The Hall–Kier alpha value is -1.08. The molecule has 0 aromatic heterocycles. The molecule has 0 heterocycles. The van der Waals surface area contributed by atoms with E-state index in [-0.39, 0.29) is 6.61 Å². The summed E-state index contributed by atoms with van der Waals surface area (Å²) in [4.78, 5) is 2.31. The van der Waals surface area contributed by atoms with Crippen LogP contribution in [0.1, 0.15) is 36.8 Å². The van der Waals surface area contributed by atoms with Crippen LogP contribution in [-0.4, -0.2) is 29.2 Å². The van der Waals surface area contributed by atoms with E-state index in [1.807, 2.05) is 6.07 Å². The summed E-state index contributed by atoms with van der Waals surface area (Å²) in [5.74, 6) is 0. The molecule has 4 heteroatoms. The maximum atomic E-state index is 9.21. The molecule has 1 aliphatic rings. The molecule has 1 aromatic carbocycles. The number of aliphatic hydroxyl groups is 1. The average Bonchev–Trinajstić information content (AvgIpc) is 2.94. The zero-order valence-corrected chi connectivity index (χ0v) is 11.7. The Balaban J connectivity index is 2.10. The van der Waals surface area contributed by atoms with Crippen molar-refractivity contribution in [3.05, 3.63) is 34.3 Å². The highest BCUT2D eigenvalue weighted by Crippen LogP contribution is 2.26. The van der Waals surface area contributed by atoms with Gasteiger partial charge in [-0.2, -0.15) is 5.26 Å². The van der Waals surface area contributed by atoms with Crippen LogP contribution in [-0.2, 0) is 6.54 Å². The second-order valence-corrected chi connectivity index (χ2v) is 5.46. The van der Waals surface area contributed by atoms with Crippen molar-refractivity contribution in [1.29, 1.82) is 5.26 Å². The minimum Gasteiger partial charge on any atom is -0.395 e. The first kappa shape index (κ1) is 14.3.